The van der Waals surface area contributed by atoms with Crippen molar-refractivity contribution in [1.29, 1.82) is 0 Å². The SMILES string of the molecule is CCC(=O)N[C@H]1Cc2c(C)c(F)cc3nc4c(c1c23)Cn1c-4cc2c(c1=O)COC(=O)[C@@]2(CC)OC(=O)N(C)C[C@@H]1CCCN1C(=O)OCc1ccc(NC(=O)CNC(=O)[C@H](Cc2ccccc2)NC(=O)CNC(=O)CNC(=O)c2cc(N3C(=O)CC(SC)C3=O)ccc2C)cc1. The number of anilines is 2. The van der Waals surface area contributed by atoms with Gasteiger partial charge in [-0.25, -0.2) is 28.7 Å². The Morgan fingerprint density at radius 2 is 1.58 bits per heavy atom. The molecule has 6 N–H and O–H groups in total. The van der Waals surface area contributed by atoms with Crippen LogP contribution >= 0.6 is 11.8 Å². The zero-order chi connectivity index (χ0) is 69.1. The van der Waals surface area contributed by atoms with Gasteiger partial charge < -0.3 is 60.5 Å². The minimum absolute atomic E-state index is 0.0143. The van der Waals surface area contributed by atoms with E-state index in [9.17, 15) is 57.5 Å². The number of aromatic nitrogens is 2. The van der Waals surface area contributed by atoms with Gasteiger partial charge in [0.15, 0.2) is 0 Å². The quantitative estimate of drug-likeness (QED) is 0.0290. The summed E-state index contributed by atoms with van der Waals surface area (Å²) in [6.45, 7) is 4.98. The molecule has 11 rings (SSSR count). The number of fused-ring (bicyclic) bond motifs is 5. The molecule has 2 fully saturated rings. The zero-order valence-corrected chi connectivity index (χ0v) is 55.0. The Hall–Kier alpha value is -10.5. The standard InChI is InChI=1S/C69H72FN11O15S/c1-7-54(82)75-49-25-44-37(4)48(70)27-50-59(44)60(49)45-33-80-52(61(45)77-50)26-47-46(64(80)89)35-94-66(91)69(47,8-2)96-67(92)78(5)32-42-15-12-22-79(42)68(93)95-34-39-17-19-40(20-18-39)74-56(84)31-73-63(88)51(23-38-13-10-9-11-14-38)76-57(85)30-71-55(83)29-72-62(87)43-24-41(21-16-36(43)3)81-58(86)28-53(97-6)65(81)90/h9-11,13-14,16-21,24,26-27,42,49,51,53H,7-8,12,15,22-23,25,28-35H2,1-6H3,(H,71,83)(H,72,87)(H,73,88)(H,74,84)(H,75,82)(H,76,85)/t42-,49-,51-,53?,69-/m0/s1. The number of thioether (sulfide) groups is 1. The van der Waals surface area contributed by atoms with Gasteiger partial charge in [-0.15, -0.1) is 0 Å². The van der Waals surface area contributed by atoms with E-state index in [2.05, 4.69) is 31.9 Å². The number of ether oxygens (including phenoxy) is 3. The Morgan fingerprint density at radius 1 is 0.835 bits per heavy atom. The van der Waals surface area contributed by atoms with Crippen molar-refractivity contribution < 1.29 is 71.3 Å². The molecule has 4 aliphatic heterocycles. The van der Waals surface area contributed by atoms with Crippen LogP contribution in [0.15, 0.2) is 89.7 Å². The molecule has 506 valence electrons. The topological polar surface area (TPSA) is 332 Å². The third-order valence-corrected chi connectivity index (χ3v) is 19.3. The van der Waals surface area contributed by atoms with Gasteiger partial charge in [0.25, 0.3) is 11.5 Å². The van der Waals surface area contributed by atoms with E-state index >= 15 is 4.39 Å². The number of likely N-dealkylation sites (tertiary alicyclic amines) is 1. The normalized spacial score (nSPS) is 18.3. The van der Waals surface area contributed by atoms with Crippen LogP contribution in [0.1, 0.15) is 112 Å². The summed E-state index contributed by atoms with van der Waals surface area (Å²) in [5, 5.41) is 16.0. The molecule has 0 bridgehead atoms. The highest BCUT2D eigenvalue weighted by Gasteiger charge is 2.52. The summed E-state index contributed by atoms with van der Waals surface area (Å²) in [5.74, 6) is -5.73. The molecule has 0 spiro atoms. The summed E-state index contributed by atoms with van der Waals surface area (Å²) < 4.78 is 34.4. The number of carbonyl (C=O) groups excluding carboxylic acids is 11. The van der Waals surface area contributed by atoms with Gasteiger partial charge in [-0.05, 0) is 109 Å². The van der Waals surface area contributed by atoms with E-state index in [4.69, 9.17) is 19.2 Å². The van der Waals surface area contributed by atoms with E-state index in [-0.39, 0.29) is 86.2 Å². The third-order valence-electron chi connectivity index (χ3n) is 18.3. The van der Waals surface area contributed by atoms with Crippen molar-refractivity contribution in [2.24, 2.45) is 0 Å². The smallest absolute Gasteiger partial charge is 0.411 e. The first kappa shape index (κ1) is 67.9. The Labute approximate surface area is 560 Å². The number of rotatable bonds is 22. The number of carbonyl (C=O) groups is 11. The maximum absolute atomic E-state index is 15.5. The van der Waals surface area contributed by atoms with Gasteiger partial charge in [0.05, 0.1) is 71.7 Å². The molecule has 1 aliphatic carbocycles. The van der Waals surface area contributed by atoms with Crippen LogP contribution in [0.3, 0.4) is 0 Å². The van der Waals surface area contributed by atoms with Crippen LogP contribution in [0.2, 0.25) is 0 Å². The number of nitrogens with one attached hydrogen (secondary N) is 6. The molecule has 5 atom stereocenters. The van der Waals surface area contributed by atoms with Crippen LogP contribution in [0.25, 0.3) is 22.3 Å². The summed E-state index contributed by atoms with van der Waals surface area (Å²) in [6.07, 6.45) is 1.77. The fourth-order valence-corrected chi connectivity index (χ4v) is 13.7. The predicted octanol–water partition coefficient (Wildman–Crippen LogP) is 5.16. The van der Waals surface area contributed by atoms with Crippen LogP contribution in [0.4, 0.5) is 25.4 Å². The van der Waals surface area contributed by atoms with Crippen LogP contribution in [-0.4, -0.2) is 148 Å². The molecule has 2 aromatic heterocycles. The number of cyclic esters (lactones) is 1. The Bertz CT molecular complexity index is 4320. The molecular weight excluding hydrogens is 1270 g/mol. The van der Waals surface area contributed by atoms with Crippen molar-refractivity contribution in [3.8, 4) is 11.4 Å². The summed E-state index contributed by atoms with van der Waals surface area (Å²) in [6, 6.07) is 20.5. The van der Waals surface area contributed by atoms with Gasteiger partial charge in [-0.2, -0.15) is 11.8 Å². The van der Waals surface area contributed by atoms with Crippen LogP contribution in [0.5, 0.6) is 0 Å². The lowest BCUT2D eigenvalue weighted by atomic mass is 9.85. The van der Waals surface area contributed by atoms with Crippen molar-refractivity contribution in [2.75, 3.05) is 56.2 Å². The molecule has 0 saturated carbocycles. The number of esters is 1. The van der Waals surface area contributed by atoms with E-state index in [1.54, 1.807) is 107 Å². The number of hydrogen-bond donors (Lipinski definition) is 6. The van der Waals surface area contributed by atoms with E-state index < -0.39 is 114 Å². The van der Waals surface area contributed by atoms with Gasteiger partial charge in [-0.1, -0.05) is 62.4 Å². The largest absolute Gasteiger partial charge is 0.457 e. The van der Waals surface area contributed by atoms with Crippen molar-refractivity contribution in [3.63, 3.8) is 0 Å². The average Bonchev–Trinajstić information content (AvgIpc) is 1.42. The van der Waals surface area contributed by atoms with E-state index in [0.29, 0.717) is 76.2 Å². The maximum atomic E-state index is 15.5. The number of halogens is 1. The van der Waals surface area contributed by atoms with Gasteiger partial charge in [-0.3, -0.25) is 43.2 Å². The van der Waals surface area contributed by atoms with E-state index in [0.717, 1.165) is 21.4 Å². The van der Waals surface area contributed by atoms with Gasteiger partial charge in [0.2, 0.25) is 47.0 Å². The molecule has 6 heterocycles. The number of aryl methyl sites for hydroxylation is 1. The highest BCUT2D eigenvalue weighted by molar-refractivity contribution is 8.00. The lowest BCUT2D eigenvalue weighted by molar-refractivity contribution is -0.173. The number of hydrogen-bond acceptors (Lipinski definition) is 17. The molecule has 5 aliphatic rings. The lowest BCUT2D eigenvalue weighted by Crippen LogP contribution is -2.52. The molecule has 28 heteroatoms. The Balaban J connectivity index is 0.654. The number of amides is 10. The zero-order valence-electron chi connectivity index (χ0n) is 54.1. The fraction of sp³-hybridized carbons (Fsp3) is 0.377. The second kappa shape index (κ2) is 28.4. The highest BCUT2D eigenvalue weighted by Crippen LogP contribution is 2.48. The summed E-state index contributed by atoms with van der Waals surface area (Å²) in [5.41, 5.74) is 3.86. The van der Waals surface area contributed by atoms with Gasteiger partial charge in [0.1, 0.15) is 25.1 Å². The summed E-state index contributed by atoms with van der Waals surface area (Å²) in [7, 11) is 1.47. The van der Waals surface area contributed by atoms with Crippen molar-refractivity contribution >= 4 is 99.5 Å². The monoisotopic (exact) mass is 1350 g/mol. The second-order valence-electron chi connectivity index (χ2n) is 24.5. The van der Waals surface area contributed by atoms with Crippen molar-refractivity contribution in [2.45, 2.75) is 121 Å². The minimum Gasteiger partial charge on any atom is -0.457 e. The molecule has 10 amide bonds. The summed E-state index contributed by atoms with van der Waals surface area (Å²) in [4.78, 5) is 169. The number of likely N-dealkylation sites (N-methyl/N-ethyl adjacent to an activating group) is 1. The second-order valence-corrected chi connectivity index (χ2v) is 25.5. The maximum Gasteiger partial charge on any atom is 0.411 e. The van der Waals surface area contributed by atoms with Crippen molar-refractivity contribution in [1.82, 2.24) is 45.9 Å². The molecule has 6 aromatic rings. The number of pyridine rings is 2. The molecule has 97 heavy (non-hydrogen) atoms. The summed E-state index contributed by atoms with van der Waals surface area (Å²) >= 11 is 1.26. The fourth-order valence-electron chi connectivity index (χ4n) is 13.1. The first-order valence-electron chi connectivity index (χ1n) is 31.8. The molecule has 26 nitrogen and oxygen atoms in total. The number of nitrogens with zero attached hydrogens (tertiary/aromatic N) is 5. The highest BCUT2D eigenvalue weighted by atomic mass is 32.2. The third kappa shape index (κ3) is 13.8. The van der Waals surface area contributed by atoms with Crippen molar-refractivity contribution in [3.05, 3.63) is 157 Å². The minimum atomic E-state index is -2.06. The van der Waals surface area contributed by atoms with Crippen LogP contribution < -0.4 is 42.4 Å². The number of benzene rings is 4. The van der Waals surface area contributed by atoms with Gasteiger partial charge >= 0.3 is 18.2 Å². The Morgan fingerprint density at radius 3 is 2.30 bits per heavy atom. The van der Waals surface area contributed by atoms with Crippen LogP contribution in [0, 0.1) is 19.7 Å². The Kier molecular flexibility index (Phi) is 19.9. The number of imide groups is 1. The van der Waals surface area contributed by atoms with E-state index in [1.807, 2.05) is 0 Å². The molecule has 0 radical (unpaired) electrons. The molecule has 1 unspecified atom stereocenters. The van der Waals surface area contributed by atoms with E-state index in [1.165, 1.54) is 45.3 Å². The van der Waals surface area contributed by atoms with Crippen LogP contribution in [-0.2, 0) is 90.8 Å². The molecule has 2 saturated heterocycles. The average molecular weight is 1350 g/mol. The first-order chi connectivity index (χ1) is 46.5. The molecular formula is C69H72FN11O15S. The predicted molar refractivity (Wildman–Crippen MR) is 352 cm³/mol. The molecule has 4 aromatic carbocycles. The lowest BCUT2D eigenvalue weighted by Gasteiger charge is -2.37. The first-order valence-corrected chi connectivity index (χ1v) is 33.1. The van der Waals surface area contributed by atoms with Gasteiger partial charge in [0, 0.05) is 73.2 Å².